The highest BCUT2D eigenvalue weighted by atomic mass is 32.2. The molecule has 0 bridgehead atoms. The van der Waals surface area contributed by atoms with Crippen molar-refractivity contribution in [2.45, 2.75) is 11.0 Å². The second kappa shape index (κ2) is 24.4. The summed E-state index contributed by atoms with van der Waals surface area (Å²) < 4.78 is 553. The van der Waals surface area contributed by atoms with E-state index in [1.54, 1.807) is 10.6 Å². The van der Waals surface area contributed by atoms with Crippen molar-refractivity contribution in [2.24, 2.45) is 0 Å². The number of rotatable bonds is 11. The summed E-state index contributed by atoms with van der Waals surface area (Å²) in [4.78, 5) is -2.27. The smallest absolute Gasteiger partial charge is 0.200 e. The first-order chi connectivity index (χ1) is 44.7. The Morgan fingerprint density at radius 1 is 0.177 bits per heavy atom. The molecule has 8 aromatic carbocycles. The third kappa shape index (κ3) is 9.89. The van der Waals surface area contributed by atoms with E-state index < -0.39 is 332 Å². The number of hydrogen-bond donors (Lipinski definition) is 2. The number of anilines is 4. The lowest BCUT2D eigenvalue weighted by atomic mass is 9.99. The van der Waals surface area contributed by atoms with Gasteiger partial charge in [0.05, 0.1) is 55.9 Å². The molecule has 2 aliphatic heterocycles. The number of hydrogen-bond acceptors (Lipinski definition) is 6. The van der Waals surface area contributed by atoms with E-state index in [2.05, 4.69) is 0 Å². The van der Waals surface area contributed by atoms with Crippen molar-refractivity contribution in [1.82, 2.24) is 10.6 Å². The Bertz CT molecular complexity index is 4090. The third-order valence-electron chi connectivity index (χ3n) is 13.7. The van der Waals surface area contributed by atoms with E-state index in [0.29, 0.717) is 0 Å². The van der Waals surface area contributed by atoms with E-state index in [0.717, 1.165) is 0 Å². The molecule has 0 fully saturated rings. The highest BCUT2D eigenvalue weighted by Crippen LogP contribution is 2.52. The number of halogens is 36. The maximum absolute atomic E-state index is 16.6. The molecule has 2 aliphatic rings. The summed E-state index contributed by atoms with van der Waals surface area (Å²) in [6.07, 6.45) is 0. The number of benzene rings is 8. The number of nitrogens with zero attached hydrogens (tertiary/aromatic N) is 2. The second-order valence-electron chi connectivity index (χ2n) is 18.8. The Hall–Kier alpha value is -9.38. The van der Waals surface area contributed by atoms with Crippen molar-refractivity contribution in [3.63, 3.8) is 0 Å². The molecule has 506 valence electrons. The number of nitrogens with one attached hydrogen (secondary N) is 2. The van der Waals surface area contributed by atoms with Crippen LogP contribution in [0.25, 0.3) is 44.5 Å². The fraction of sp³-hybridized carbons (Fsp3) is 0.0370. The molecule has 0 aliphatic carbocycles. The molecule has 42 heteroatoms. The highest BCUT2D eigenvalue weighted by molar-refractivity contribution is 8.03. The van der Waals surface area contributed by atoms with Gasteiger partial charge in [-0.25, -0.2) is 158 Å². The fourth-order valence-electron chi connectivity index (χ4n) is 9.39. The van der Waals surface area contributed by atoms with Crippen LogP contribution in [0, 0.1) is 209 Å². The van der Waals surface area contributed by atoms with Gasteiger partial charge in [-0.2, -0.15) is 0 Å². The summed E-state index contributed by atoms with van der Waals surface area (Å²) in [5.41, 5.74) is -44.1. The normalized spacial score (nSPS) is 14.7. The van der Waals surface area contributed by atoms with Gasteiger partial charge in [0.25, 0.3) is 0 Å². The molecule has 2 atom stereocenters. The van der Waals surface area contributed by atoms with Gasteiger partial charge in [0.2, 0.25) is 23.3 Å². The molecule has 96 heavy (non-hydrogen) atoms. The van der Waals surface area contributed by atoms with Gasteiger partial charge in [-0.3, -0.25) is 0 Å². The van der Waals surface area contributed by atoms with E-state index in [9.17, 15) is 87.8 Å². The Morgan fingerprint density at radius 3 is 0.427 bits per heavy atom. The monoisotopic (exact) mass is 1460 g/mol. The second-order valence-corrected chi connectivity index (χ2v) is 20.7. The van der Waals surface area contributed by atoms with Crippen molar-refractivity contribution in [1.29, 1.82) is 0 Å². The van der Waals surface area contributed by atoms with E-state index >= 15 is 70.2 Å². The molecule has 0 saturated heterocycles. The first kappa shape index (κ1) is 69.4. The summed E-state index contributed by atoms with van der Waals surface area (Å²) >= 11 is -0.998. The lowest BCUT2D eigenvalue weighted by Gasteiger charge is -2.34. The third-order valence-corrected chi connectivity index (χ3v) is 15.6. The zero-order valence-corrected chi connectivity index (χ0v) is 45.3. The first-order valence-electron chi connectivity index (χ1n) is 24.1. The SMILES string of the molecule is Fc1c(F)c(F)c(-c2c(F)c(F)c(N(c3c(F)c(F)c(-c4c(F)c(F)c(F)c(F)c4F)c(F)c3F)C3NC(C4=CSC(N(c5c(F)c(F)c(-c6c(F)c(F)c(F)c(F)c6F)c(F)c5F)c5c(F)c(F)c(-c6c(F)c(F)c(F)c(F)c6F)c(F)c5F)N4)=CS3)c(F)c2F)c(F)c1F. The van der Waals surface area contributed by atoms with Crippen LogP contribution >= 0.6 is 23.5 Å². The van der Waals surface area contributed by atoms with Gasteiger partial charge >= 0.3 is 0 Å². The first-order valence-corrected chi connectivity index (χ1v) is 25.9. The molecule has 2 N–H and O–H groups in total. The standard InChI is InChI=1S/C54H6F36N4S2/c55-13-5(14(56)30(72)37(79)29(13)71)9-21(63)41(83)49(42(84)22(9)64)93(50-43(85)23(65)10(24(66)44(50)86)6-15(57)31(73)38(80)32(74)16(6)58)53-91-3(1-95-53)4-2-96-54(92-4)94(51-45(87)25(67)11(26(68)46(51)88)7-17(59)33(75)39(81)34(76)18(7)60)52-47(89)27(69)12(28(70)48(52)90)8-19(61)35(77)40(82)36(78)20(8)62/h1-2,53-54,91-92H. The zero-order chi connectivity index (χ0) is 71.4. The van der Waals surface area contributed by atoms with Crippen LogP contribution in [-0.4, -0.2) is 11.0 Å². The van der Waals surface area contributed by atoms with Crippen LogP contribution in [0.3, 0.4) is 0 Å². The van der Waals surface area contributed by atoms with Gasteiger partial charge in [-0.05, 0) is 0 Å². The van der Waals surface area contributed by atoms with Crippen LogP contribution in [0.4, 0.5) is 181 Å². The quantitative estimate of drug-likeness (QED) is 0.0762. The molecule has 0 spiro atoms. The topological polar surface area (TPSA) is 30.5 Å². The molecule has 0 radical (unpaired) electrons. The van der Waals surface area contributed by atoms with Crippen molar-refractivity contribution in [2.75, 3.05) is 9.80 Å². The van der Waals surface area contributed by atoms with Gasteiger partial charge in [0.1, 0.15) is 22.7 Å². The predicted molar refractivity (Wildman–Crippen MR) is 255 cm³/mol. The van der Waals surface area contributed by atoms with Gasteiger partial charge in [0, 0.05) is 10.8 Å². The predicted octanol–water partition coefficient (Wildman–Crippen LogP) is 19.3. The van der Waals surface area contributed by atoms with Crippen molar-refractivity contribution in [3.8, 4) is 44.5 Å². The molecule has 2 unspecified atom stereocenters. The average Bonchev–Trinajstić information content (AvgIpc) is 0.913. The maximum atomic E-state index is 16.6. The number of thioether (sulfide) groups is 2. The summed E-state index contributed by atoms with van der Waals surface area (Å²) in [6.45, 7) is 0. The molecule has 0 amide bonds. The van der Waals surface area contributed by atoms with E-state index in [1.165, 1.54) is 0 Å². The largest absolute Gasteiger partial charge is 0.354 e. The minimum Gasteiger partial charge on any atom is -0.354 e. The minimum atomic E-state index is -3.43. The molecular weight excluding hydrogens is 1450 g/mol. The maximum Gasteiger partial charge on any atom is 0.200 e. The van der Waals surface area contributed by atoms with Crippen LogP contribution in [-0.2, 0) is 0 Å². The summed E-state index contributed by atoms with van der Waals surface area (Å²) in [7, 11) is 0. The summed E-state index contributed by atoms with van der Waals surface area (Å²) in [6, 6.07) is 0. The molecule has 8 aromatic rings. The van der Waals surface area contributed by atoms with E-state index in [4.69, 9.17) is 0 Å². The molecule has 4 nitrogen and oxygen atoms in total. The minimum absolute atomic E-state index is 0.250. The Morgan fingerprint density at radius 2 is 0.292 bits per heavy atom. The molecule has 10 rings (SSSR count). The van der Waals surface area contributed by atoms with Crippen molar-refractivity contribution >= 4 is 46.3 Å². The van der Waals surface area contributed by atoms with Crippen LogP contribution < -0.4 is 20.4 Å². The van der Waals surface area contributed by atoms with Gasteiger partial charge < -0.3 is 20.4 Å². The molecule has 0 aromatic heterocycles. The van der Waals surface area contributed by atoms with Crippen LogP contribution in [0.5, 0.6) is 0 Å². The van der Waals surface area contributed by atoms with Crippen molar-refractivity contribution < 1.29 is 158 Å². The van der Waals surface area contributed by atoms with Crippen LogP contribution in [0.2, 0.25) is 0 Å². The van der Waals surface area contributed by atoms with E-state index in [1.807, 2.05) is 0 Å². The molecule has 0 saturated carbocycles. The summed E-state index contributed by atoms with van der Waals surface area (Å²) in [5.74, 6) is -119. The Labute approximate surface area is 510 Å². The van der Waals surface area contributed by atoms with E-state index in [-0.39, 0.29) is 10.8 Å². The Kier molecular flexibility index (Phi) is 17.6. The molecule has 2 heterocycles. The summed E-state index contributed by atoms with van der Waals surface area (Å²) in [5, 5.41) is 4.02. The van der Waals surface area contributed by atoms with Crippen LogP contribution in [0.1, 0.15) is 0 Å². The molecular formula is C54H6F36N4S2. The average molecular weight is 1460 g/mol. The Balaban J connectivity index is 1.16. The van der Waals surface area contributed by atoms with Crippen LogP contribution in [0.15, 0.2) is 22.2 Å². The lowest BCUT2D eigenvalue weighted by Crippen LogP contribution is -2.43. The lowest BCUT2D eigenvalue weighted by molar-refractivity contribution is 0.379. The van der Waals surface area contributed by atoms with Gasteiger partial charge in [-0.1, -0.05) is 23.5 Å². The van der Waals surface area contributed by atoms with Gasteiger partial charge in [0.15, 0.2) is 197 Å². The highest BCUT2D eigenvalue weighted by Gasteiger charge is 2.47. The fourth-order valence-corrected chi connectivity index (χ4v) is 11.4. The van der Waals surface area contributed by atoms with Gasteiger partial charge in [-0.15, -0.1) is 0 Å². The van der Waals surface area contributed by atoms with Crippen molar-refractivity contribution in [3.05, 3.63) is 232 Å². The zero-order valence-electron chi connectivity index (χ0n) is 43.6.